The number of carboxylic acid groups (broad SMARTS) is 1. The molecule has 0 aliphatic heterocycles. The van der Waals surface area contributed by atoms with Crippen LogP contribution in [0.3, 0.4) is 0 Å². The number of hydrogen-bond donors (Lipinski definition) is 8. The lowest BCUT2D eigenvalue weighted by molar-refractivity contribution is -0.139. The van der Waals surface area contributed by atoms with Gasteiger partial charge in [-0.1, -0.05) is 303 Å². The molecular formula is C118H167Cl2N13O14. The van der Waals surface area contributed by atoms with Crippen molar-refractivity contribution in [3.05, 3.63) is 359 Å². The van der Waals surface area contributed by atoms with Crippen molar-refractivity contribution in [3.63, 3.8) is 0 Å². The van der Waals surface area contributed by atoms with E-state index in [4.69, 9.17) is 24.1 Å². The minimum Gasteiger partial charge on any atom is -0.480 e. The average Bonchev–Trinajstić information content (AvgIpc) is 0.822. The summed E-state index contributed by atoms with van der Waals surface area (Å²) < 4.78 is 20.8. The summed E-state index contributed by atoms with van der Waals surface area (Å²) in [6, 6.07) is 101. The second-order valence-electron chi connectivity index (χ2n) is 40.1. The molecule has 29 heteroatoms. The van der Waals surface area contributed by atoms with E-state index in [1.165, 1.54) is 40.3 Å². The average molecular weight is 2060 g/mol. The fourth-order valence-electron chi connectivity index (χ4n) is 14.9. The number of halogens is 2. The van der Waals surface area contributed by atoms with Crippen molar-refractivity contribution in [2.75, 3.05) is 82.6 Å². The van der Waals surface area contributed by atoms with E-state index >= 15 is 0 Å². The molecular weight excluding hydrogens is 1890 g/mol. The molecule has 0 aliphatic carbocycles. The molecule has 0 unspecified atom stereocenters. The molecule has 7 atom stereocenters. The normalized spacial score (nSPS) is 12.5. The SMILES string of the molecule is CC(=O)N(C)[C@@H](C)CN(C)C(c1ccccc1)c1ccccc1.CNC[C@H](C)N(C)C(C)=O.CN[C@@H](C)CN(C)C(c1ccccc1)c1ccccc1.C[C@@H](CN(C)C(c1ccccc1)c1ccccc1)N(C)C(=O)OC(C)(C)C.C[C@H](NC(=O)OC(C)(C)C)C(=O)NC(c1ccccc1)c1ccccc1.C[C@H](NC(=O)OC(C)(C)C)C(=O)NC(c1ccccc1)c1ccccc1.C[C@H](NC(=O)OC(C)(C)C)C(=O)O.Cl.Cl. The van der Waals surface area contributed by atoms with Gasteiger partial charge in [0.2, 0.25) is 23.6 Å². The zero-order chi connectivity index (χ0) is 108. The van der Waals surface area contributed by atoms with E-state index in [0.29, 0.717) is 12.1 Å². The van der Waals surface area contributed by atoms with Crippen molar-refractivity contribution in [2.24, 2.45) is 0 Å². The van der Waals surface area contributed by atoms with Crippen molar-refractivity contribution in [2.45, 2.75) is 240 Å². The number of benzene rings is 10. The van der Waals surface area contributed by atoms with Crippen LogP contribution < -0.4 is 37.2 Å². The molecule has 147 heavy (non-hydrogen) atoms. The molecule has 802 valence electrons. The lowest BCUT2D eigenvalue weighted by atomic mass is 9.97. The van der Waals surface area contributed by atoms with Gasteiger partial charge in [-0.25, -0.2) is 19.2 Å². The van der Waals surface area contributed by atoms with Gasteiger partial charge in [0.25, 0.3) is 0 Å². The van der Waals surface area contributed by atoms with Crippen molar-refractivity contribution in [1.29, 1.82) is 0 Å². The maximum atomic E-state index is 12.6. The highest BCUT2D eigenvalue weighted by Gasteiger charge is 2.32. The highest BCUT2D eigenvalue weighted by Crippen LogP contribution is 2.33. The zero-order valence-corrected chi connectivity index (χ0v) is 93.5. The Morgan fingerprint density at radius 1 is 0.286 bits per heavy atom. The molecule has 0 heterocycles. The monoisotopic (exact) mass is 2060 g/mol. The van der Waals surface area contributed by atoms with Crippen LogP contribution in [-0.2, 0) is 42.9 Å². The van der Waals surface area contributed by atoms with Crippen LogP contribution >= 0.6 is 24.8 Å². The Morgan fingerprint density at radius 2 is 0.490 bits per heavy atom. The molecule has 0 saturated carbocycles. The first-order valence-electron chi connectivity index (χ1n) is 49.4. The van der Waals surface area contributed by atoms with E-state index in [2.05, 4.69) is 245 Å². The number of ether oxygens (including phenoxy) is 4. The Kier molecular flexibility index (Phi) is 58.6. The fraction of sp³-hybridized carbons (Fsp3) is 0.415. The number of alkyl carbamates (subject to hydrolysis) is 3. The summed E-state index contributed by atoms with van der Waals surface area (Å²) in [6.45, 7) is 41.0. The molecule has 0 aliphatic rings. The summed E-state index contributed by atoms with van der Waals surface area (Å²) >= 11 is 0. The number of nitrogens with zero attached hydrogens (tertiary/aromatic N) is 6. The van der Waals surface area contributed by atoms with E-state index in [0.717, 1.165) is 48.4 Å². The van der Waals surface area contributed by atoms with E-state index in [-0.39, 0.29) is 96.8 Å². The first-order valence-corrected chi connectivity index (χ1v) is 49.4. The molecule has 0 radical (unpaired) electrons. The summed E-state index contributed by atoms with van der Waals surface area (Å²) in [7, 11) is 15.8. The summed E-state index contributed by atoms with van der Waals surface area (Å²) in [5.74, 6) is -1.45. The largest absolute Gasteiger partial charge is 0.480 e. The lowest BCUT2D eigenvalue weighted by Gasteiger charge is -2.35. The molecule has 27 nitrogen and oxygen atoms in total. The van der Waals surface area contributed by atoms with E-state index in [1.807, 2.05) is 208 Å². The van der Waals surface area contributed by atoms with Crippen molar-refractivity contribution < 1.29 is 67.2 Å². The van der Waals surface area contributed by atoms with Gasteiger partial charge in [0, 0.05) is 85.3 Å². The lowest BCUT2D eigenvalue weighted by Crippen LogP contribution is -2.47. The number of hydrogen-bond acceptors (Lipinski definition) is 18. The van der Waals surface area contributed by atoms with Crippen LogP contribution in [-0.4, -0.2) is 236 Å². The topological polar surface area (TPSA) is 314 Å². The molecule has 8 amide bonds. The minimum absolute atomic E-state index is 0. The van der Waals surface area contributed by atoms with Crippen molar-refractivity contribution in [3.8, 4) is 0 Å². The van der Waals surface area contributed by atoms with Gasteiger partial charge in [0.15, 0.2) is 0 Å². The van der Waals surface area contributed by atoms with Crippen LogP contribution in [0.5, 0.6) is 0 Å². The third kappa shape index (κ3) is 50.8. The maximum Gasteiger partial charge on any atom is 0.410 e. The van der Waals surface area contributed by atoms with Gasteiger partial charge >= 0.3 is 30.3 Å². The van der Waals surface area contributed by atoms with Crippen LogP contribution in [0.1, 0.15) is 231 Å². The van der Waals surface area contributed by atoms with Gasteiger partial charge in [0.1, 0.15) is 40.5 Å². The van der Waals surface area contributed by atoms with Crippen molar-refractivity contribution >= 4 is 78.8 Å². The first-order chi connectivity index (χ1) is 68.2. The molecule has 8 N–H and O–H groups in total. The van der Waals surface area contributed by atoms with E-state index in [1.54, 1.807) is 112 Å². The Morgan fingerprint density at radius 3 is 0.694 bits per heavy atom. The Balaban J connectivity index is 0.000000589. The molecule has 0 aromatic heterocycles. The second kappa shape index (κ2) is 66.3. The number of carboxylic acids is 1. The first kappa shape index (κ1) is 130. The third-order valence-electron chi connectivity index (χ3n) is 22.8. The van der Waals surface area contributed by atoms with Crippen LogP contribution in [0.2, 0.25) is 0 Å². The number of amides is 8. The predicted molar refractivity (Wildman–Crippen MR) is 598 cm³/mol. The smallest absolute Gasteiger partial charge is 0.410 e. The highest BCUT2D eigenvalue weighted by molar-refractivity contribution is 5.87. The van der Waals surface area contributed by atoms with Crippen LogP contribution in [0.4, 0.5) is 19.2 Å². The summed E-state index contributed by atoms with van der Waals surface area (Å²) in [5.41, 5.74) is 9.22. The molecule has 0 saturated heterocycles. The van der Waals surface area contributed by atoms with Gasteiger partial charge < -0.3 is 76.0 Å². The molecule has 10 aromatic carbocycles. The Bertz CT molecular complexity index is 5070. The zero-order valence-electron chi connectivity index (χ0n) is 91.9. The van der Waals surface area contributed by atoms with Crippen LogP contribution in [0, 0.1) is 0 Å². The van der Waals surface area contributed by atoms with Gasteiger partial charge in [-0.15, -0.1) is 24.8 Å². The van der Waals surface area contributed by atoms with E-state index < -0.39 is 64.8 Å². The summed E-state index contributed by atoms with van der Waals surface area (Å²) in [5, 5.41) is 28.1. The van der Waals surface area contributed by atoms with Crippen molar-refractivity contribution in [1.82, 2.24) is 66.6 Å². The Labute approximate surface area is 889 Å². The number of rotatable bonds is 33. The number of carbonyl (C=O) groups excluding carboxylic acids is 8. The molecule has 0 fully saturated rings. The van der Waals surface area contributed by atoms with Gasteiger partial charge in [-0.3, -0.25) is 38.7 Å². The fourth-order valence-corrected chi connectivity index (χ4v) is 14.9. The number of likely N-dealkylation sites (N-methyl/N-ethyl adjacent to an activating group) is 8. The quantitative estimate of drug-likeness (QED) is 0.0177. The van der Waals surface area contributed by atoms with E-state index in [9.17, 15) is 43.2 Å². The summed E-state index contributed by atoms with van der Waals surface area (Å²) in [4.78, 5) is 117. The molecule has 0 bridgehead atoms. The van der Waals surface area contributed by atoms with Crippen LogP contribution in [0.15, 0.2) is 303 Å². The van der Waals surface area contributed by atoms with Gasteiger partial charge in [0.05, 0.1) is 30.2 Å². The second-order valence-corrected chi connectivity index (χ2v) is 40.1. The van der Waals surface area contributed by atoms with Crippen LogP contribution in [0.25, 0.3) is 0 Å². The van der Waals surface area contributed by atoms with Gasteiger partial charge in [-0.2, -0.15) is 0 Å². The predicted octanol–water partition coefficient (Wildman–Crippen LogP) is 21.4. The van der Waals surface area contributed by atoms with Gasteiger partial charge in [-0.05, 0) is 222 Å². The molecule has 10 rings (SSSR count). The number of nitrogens with one attached hydrogen (secondary N) is 7. The summed E-state index contributed by atoms with van der Waals surface area (Å²) in [6.07, 6.45) is -2.24. The highest BCUT2D eigenvalue weighted by atomic mass is 35.5. The maximum absolute atomic E-state index is 12.6. The molecule has 10 aromatic rings. The Hall–Kier alpha value is -13.0. The minimum atomic E-state index is -1.09. The third-order valence-corrected chi connectivity index (χ3v) is 22.8. The standard InChI is InChI=1S/C23H32N2O2.2C21H26N2O3.C20H26N2O.C18H24N2.C8H15NO4.C7H16N2O.2ClH/c1-18(25(6)22(26)27-23(2,3)4)17-24(5)21(19-13-9-7-10-14-19)20-15-11-8-12-16-20;2*1-15(22-20(25)26-21(2,3)4)19(24)23-18(16-11-7-5-8-12-16)17-13-9-6-10-14-17;1-16(22(4)17(2)23)15-21(3)20(18-11-7-5-8-12-18)19-13-9-6-10-14-19;1-15(19-2)14-20(3)18(16-10-6-4-7-11-16)17-12-8-5-9-13-17;1-5(6(10)11)9-7(12)13-8(2,3)4;1-6(5-8-3)9(4)7(2)10;;/h7-16,18,21H,17H2,1-6H3;2*5-15,18H,1-4H3,(H,22,25)(H,23,24);5-14,16,20H,15H2,1-4H3;4-13,15,18-19H,14H2,1-3H3;5H,1-4H3,(H,9,12)(H,10,11);6,8H,5H2,1-4H3;2*1H/t18-;2*15-;16-;15-;5-;6-;;/m0000000../s1. The number of aliphatic carboxylic acids is 1. The molecule has 0 spiro atoms. The number of carbonyl (C=O) groups is 9.